The number of rotatable bonds is 9. The lowest BCUT2D eigenvalue weighted by Crippen LogP contribution is -2.27. The van der Waals surface area contributed by atoms with E-state index in [-0.39, 0.29) is 6.61 Å². The van der Waals surface area contributed by atoms with Crippen LogP contribution in [0.3, 0.4) is 0 Å². The summed E-state index contributed by atoms with van der Waals surface area (Å²) in [6, 6.07) is 10.9. The first-order chi connectivity index (χ1) is 13.4. The quantitative estimate of drug-likeness (QED) is 0.536. The lowest BCUT2D eigenvalue weighted by molar-refractivity contribution is -0.137. The Balaban J connectivity index is 2.17. The monoisotopic (exact) mass is 467 g/mol. The van der Waals surface area contributed by atoms with Crippen molar-refractivity contribution >= 4 is 45.5 Å². The number of hydrogen-bond acceptors (Lipinski definition) is 4. The third kappa shape index (κ3) is 6.58. The fraction of sp³-hybridized carbons (Fsp3) is 0.200. The van der Waals surface area contributed by atoms with Crippen molar-refractivity contribution in [2.75, 3.05) is 13.2 Å². The minimum absolute atomic E-state index is 0.269. The summed E-state index contributed by atoms with van der Waals surface area (Å²) >= 11 is 9.63. The van der Waals surface area contributed by atoms with Crippen molar-refractivity contribution in [1.82, 2.24) is 5.32 Å². The third-order valence-corrected chi connectivity index (χ3v) is 4.46. The molecule has 0 aliphatic heterocycles. The van der Waals surface area contributed by atoms with Gasteiger partial charge in [0.05, 0.1) is 11.1 Å². The molecule has 0 aliphatic carbocycles. The number of amides is 1. The van der Waals surface area contributed by atoms with Crippen LogP contribution < -0.4 is 14.8 Å². The second-order valence-corrected chi connectivity index (χ2v) is 6.85. The van der Waals surface area contributed by atoms with Crippen LogP contribution in [0.15, 0.2) is 46.9 Å². The summed E-state index contributed by atoms with van der Waals surface area (Å²) < 4.78 is 12.2. The zero-order valence-corrected chi connectivity index (χ0v) is 17.4. The van der Waals surface area contributed by atoms with Gasteiger partial charge in [-0.3, -0.25) is 9.59 Å². The molecule has 0 aliphatic rings. The van der Waals surface area contributed by atoms with E-state index < -0.39 is 18.4 Å². The molecule has 28 heavy (non-hydrogen) atoms. The molecule has 2 rings (SSSR count). The molecule has 0 unspecified atom stereocenters. The maximum absolute atomic E-state index is 11.6. The Morgan fingerprint density at radius 1 is 1.25 bits per heavy atom. The molecule has 2 aromatic carbocycles. The van der Waals surface area contributed by atoms with Gasteiger partial charge >= 0.3 is 5.97 Å². The lowest BCUT2D eigenvalue weighted by Gasteiger charge is -2.15. The van der Waals surface area contributed by atoms with Gasteiger partial charge in [0, 0.05) is 16.7 Å². The van der Waals surface area contributed by atoms with Gasteiger partial charge in [-0.1, -0.05) is 29.8 Å². The molecule has 0 fully saturated rings. The van der Waals surface area contributed by atoms with Crippen LogP contribution in [0.25, 0.3) is 6.08 Å². The number of halogens is 2. The maximum atomic E-state index is 11.6. The Morgan fingerprint density at radius 2 is 2.00 bits per heavy atom. The van der Waals surface area contributed by atoms with Gasteiger partial charge in [0.2, 0.25) is 5.91 Å². The van der Waals surface area contributed by atoms with Crippen LogP contribution in [-0.2, 0) is 16.2 Å². The number of carboxylic acid groups (broad SMARTS) is 1. The summed E-state index contributed by atoms with van der Waals surface area (Å²) in [5, 5.41) is 11.4. The first-order valence-electron chi connectivity index (χ1n) is 8.41. The molecule has 2 N–H and O–H groups in total. The largest absolute Gasteiger partial charge is 0.490 e. The Hall–Kier alpha value is -2.51. The Bertz CT molecular complexity index is 885. The van der Waals surface area contributed by atoms with E-state index in [1.54, 1.807) is 24.3 Å². The van der Waals surface area contributed by atoms with Crippen LogP contribution in [0.5, 0.6) is 11.5 Å². The highest BCUT2D eigenvalue weighted by atomic mass is 79.9. The number of carboxylic acids is 1. The van der Waals surface area contributed by atoms with E-state index in [1.165, 1.54) is 6.08 Å². The van der Waals surface area contributed by atoms with Crippen molar-refractivity contribution in [2.24, 2.45) is 0 Å². The highest BCUT2D eigenvalue weighted by Crippen LogP contribution is 2.38. The fourth-order valence-corrected chi connectivity index (χ4v) is 3.01. The summed E-state index contributed by atoms with van der Waals surface area (Å²) in [5.74, 6) is -0.581. The lowest BCUT2D eigenvalue weighted by atomic mass is 10.2. The zero-order valence-electron chi connectivity index (χ0n) is 15.1. The molecule has 0 spiro atoms. The fourth-order valence-electron chi connectivity index (χ4n) is 2.25. The van der Waals surface area contributed by atoms with Crippen molar-refractivity contribution in [2.45, 2.75) is 13.5 Å². The first-order valence-corrected chi connectivity index (χ1v) is 9.58. The van der Waals surface area contributed by atoms with Crippen LogP contribution in [0, 0.1) is 0 Å². The zero-order chi connectivity index (χ0) is 20.5. The van der Waals surface area contributed by atoms with Gasteiger partial charge in [-0.25, -0.2) is 0 Å². The Morgan fingerprint density at radius 3 is 2.68 bits per heavy atom. The predicted molar refractivity (Wildman–Crippen MR) is 111 cm³/mol. The maximum Gasteiger partial charge on any atom is 0.322 e. The number of aliphatic carboxylic acids is 1. The Kier molecular flexibility index (Phi) is 8.35. The summed E-state index contributed by atoms with van der Waals surface area (Å²) in [7, 11) is 0. The smallest absolute Gasteiger partial charge is 0.322 e. The molecule has 0 saturated carbocycles. The number of benzene rings is 2. The van der Waals surface area contributed by atoms with Gasteiger partial charge < -0.3 is 19.9 Å². The topological polar surface area (TPSA) is 84.9 Å². The van der Waals surface area contributed by atoms with Gasteiger partial charge in [-0.2, -0.15) is 0 Å². The molecule has 148 valence electrons. The second kappa shape index (κ2) is 10.7. The van der Waals surface area contributed by atoms with E-state index in [0.29, 0.717) is 33.2 Å². The molecule has 0 radical (unpaired) electrons. The number of carbonyl (C=O) groups excluding carboxylic acids is 1. The number of carbonyl (C=O) groups is 2. The van der Waals surface area contributed by atoms with Gasteiger partial charge in [-0.05, 0) is 52.7 Å². The minimum Gasteiger partial charge on any atom is -0.490 e. The molecular formula is C20H19BrClNO5. The Labute approximate surface area is 176 Å². The standard InChI is InChI=1S/C20H19BrClNO5/c1-2-27-17-10-13(7-8-18(24)23-11-19(25)26)9-15(21)20(17)28-12-14-5-3-4-6-16(14)22/h3-10H,2,11-12H2,1H3,(H,23,24)(H,25,26)/b8-7+. The highest BCUT2D eigenvalue weighted by molar-refractivity contribution is 9.10. The second-order valence-electron chi connectivity index (χ2n) is 5.59. The van der Waals surface area contributed by atoms with Gasteiger partial charge in [0.25, 0.3) is 0 Å². The average Bonchev–Trinajstić information content (AvgIpc) is 2.65. The van der Waals surface area contributed by atoms with Crippen molar-refractivity contribution < 1.29 is 24.2 Å². The van der Waals surface area contributed by atoms with E-state index >= 15 is 0 Å². The number of nitrogens with one attached hydrogen (secondary N) is 1. The predicted octanol–water partition coefficient (Wildman–Crippen LogP) is 4.29. The molecule has 1 amide bonds. The molecular weight excluding hydrogens is 450 g/mol. The van der Waals surface area contributed by atoms with E-state index in [9.17, 15) is 9.59 Å². The highest BCUT2D eigenvalue weighted by Gasteiger charge is 2.13. The molecule has 6 nitrogen and oxygen atoms in total. The van der Waals surface area contributed by atoms with Crippen molar-refractivity contribution in [3.63, 3.8) is 0 Å². The molecule has 0 saturated heterocycles. The SMILES string of the molecule is CCOc1cc(/C=C/C(=O)NCC(=O)O)cc(Br)c1OCc1ccccc1Cl. The van der Waals surface area contributed by atoms with Gasteiger partial charge in [0.15, 0.2) is 11.5 Å². The molecule has 0 atom stereocenters. The average molecular weight is 469 g/mol. The van der Waals surface area contributed by atoms with Crippen molar-refractivity contribution in [3.8, 4) is 11.5 Å². The summed E-state index contributed by atoms with van der Waals surface area (Å²) in [6.45, 7) is 2.12. The van der Waals surface area contributed by atoms with Crippen LogP contribution in [0.1, 0.15) is 18.1 Å². The van der Waals surface area contributed by atoms with Gasteiger partial charge in [0.1, 0.15) is 13.2 Å². The summed E-state index contributed by atoms with van der Waals surface area (Å²) in [6.07, 6.45) is 2.81. The molecule has 0 aromatic heterocycles. The number of ether oxygens (including phenoxy) is 2. The minimum atomic E-state index is -1.11. The third-order valence-electron chi connectivity index (χ3n) is 3.50. The van der Waals surface area contributed by atoms with E-state index in [2.05, 4.69) is 21.2 Å². The van der Waals surface area contributed by atoms with E-state index in [4.69, 9.17) is 26.2 Å². The normalized spacial score (nSPS) is 10.7. The number of hydrogen-bond donors (Lipinski definition) is 2. The molecule has 0 heterocycles. The van der Waals surface area contributed by atoms with E-state index in [1.807, 2.05) is 25.1 Å². The first kappa shape index (κ1) is 21.8. The molecule has 8 heteroatoms. The van der Waals surface area contributed by atoms with Crippen LogP contribution in [0.4, 0.5) is 0 Å². The molecule has 0 bridgehead atoms. The summed E-state index contributed by atoms with van der Waals surface area (Å²) in [4.78, 5) is 22.1. The van der Waals surface area contributed by atoms with E-state index in [0.717, 1.165) is 5.56 Å². The van der Waals surface area contributed by atoms with Crippen LogP contribution in [-0.4, -0.2) is 30.1 Å². The van der Waals surface area contributed by atoms with Crippen LogP contribution in [0.2, 0.25) is 5.02 Å². The van der Waals surface area contributed by atoms with Gasteiger partial charge in [-0.15, -0.1) is 0 Å². The van der Waals surface area contributed by atoms with Crippen molar-refractivity contribution in [3.05, 3.63) is 63.1 Å². The summed E-state index contributed by atoms with van der Waals surface area (Å²) in [5.41, 5.74) is 1.53. The van der Waals surface area contributed by atoms with Crippen LogP contribution >= 0.6 is 27.5 Å². The molecule has 2 aromatic rings. The van der Waals surface area contributed by atoms with Crippen molar-refractivity contribution in [1.29, 1.82) is 0 Å².